The third-order valence-corrected chi connectivity index (χ3v) is 5.70. The largest absolute Gasteiger partial charge is 2.00 e. The molecular weight excluding hydrogens is 478 g/mol. The van der Waals surface area contributed by atoms with E-state index in [0.717, 1.165) is 44.9 Å². The Bertz CT molecular complexity index is 371. The maximum Gasteiger partial charge on any atom is 2.00 e. The van der Waals surface area contributed by atoms with E-state index in [4.69, 9.17) is 0 Å². The summed E-state index contributed by atoms with van der Waals surface area (Å²) in [4.78, 5) is 23.2. The number of hydrogen-bond donors (Lipinski definition) is 0. The van der Waals surface area contributed by atoms with Gasteiger partial charge in [-0.05, 0) is 12.8 Å². The van der Waals surface area contributed by atoms with E-state index in [1.54, 1.807) is 0 Å². The van der Waals surface area contributed by atoms with Gasteiger partial charge in [0.15, 0.2) is 0 Å². The van der Waals surface area contributed by atoms with Gasteiger partial charge >= 0.3 is 48.9 Å². The van der Waals surface area contributed by atoms with Gasteiger partial charge < -0.3 is 19.8 Å². The Balaban J connectivity index is 0. The van der Waals surface area contributed by atoms with E-state index in [1.807, 2.05) is 0 Å². The van der Waals surface area contributed by atoms with Gasteiger partial charge in [-0.15, -0.1) is 0 Å². The third kappa shape index (κ3) is 14.5. The predicted octanol–water partition coefficient (Wildman–Crippen LogP) is 4.15. The Hall–Kier alpha value is 0.511. The average Bonchev–Trinajstić information content (AvgIpc) is 2.63. The molecule has 0 aromatic heterocycles. The summed E-state index contributed by atoms with van der Waals surface area (Å²) in [6.45, 7) is 4.36. The minimum absolute atomic E-state index is 0. The van der Waals surface area contributed by atoms with Crippen LogP contribution in [0.25, 0.3) is 0 Å². The second-order valence-electron chi connectivity index (χ2n) is 8.11. The van der Waals surface area contributed by atoms with Crippen molar-refractivity contribution in [2.24, 2.45) is 5.41 Å². The van der Waals surface area contributed by atoms with E-state index in [9.17, 15) is 19.8 Å². The van der Waals surface area contributed by atoms with Crippen LogP contribution in [-0.2, 0) is 9.59 Å². The van der Waals surface area contributed by atoms with Gasteiger partial charge in [-0.3, -0.25) is 0 Å². The van der Waals surface area contributed by atoms with Crippen molar-refractivity contribution in [1.82, 2.24) is 0 Å². The van der Waals surface area contributed by atoms with Gasteiger partial charge in [-0.25, -0.2) is 0 Å². The van der Waals surface area contributed by atoms with Crippen LogP contribution >= 0.6 is 0 Å². The molecule has 0 aliphatic carbocycles. The molecule has 0 aromatic carbocycles. The Morgan fingerprint density at radius 2 is 0.786 bits per heavy atom. The summed E-state index contributed by atoms with van der Waals surface area (Å²) in [7, 11) is 0. The second kappa shape index (κ2) is 20.8. The van der Waals surface area contributed by atoms with Crippen molar-refractivity contribution in [2.45, 2.75) is 129 Å². The molecule has 0 amide bonds. The molecule has 0 aromatic rings. The van der Waals surface area contributed by atoms with Crippen molar-refractivity contribution in [2.75, 3.05) is 0 Å². The van der Waals surface area contributed by atoms with Crippen LogP contribution in [-0.4, -0.2) is 60.8 Å². The van der Waals surface area contributed by atoms with E-state index < -0.39 is 17.4 Å². The number of hydrogen-bond acceptors (Lipinski definition) is 4. The number of unbranched alkanes of at least 4 members (excludes halogenated alkanes) is 14. The quantitative estimate of drug-likeness (QED) is 0.137. The molecule has 0 N–H and O–H groups in total. The van der Waals surface area contributed by atoms with Gasteiger partial charge in [0.1, 0.15) is 0 Å². The van der Waals surface area contributed by atoms with Crippen LogP contribution in [0.15, 0.2) is 0 Å². The van der Waals surface area contributed by atoms with E-state index in [-0.39, 0.29) is 61.7 Å². The summed E-state index contributed by atoms with van der Waals surface area (Å²) in [6.07, 6.45) is 17.6. The van der Waals surface area contributed by atoms with Crippen molar-refractivity contribution in [3.05, 3.63) is 0 Å². The summed E-state index contributed by atoms with van der Waals surface area (Å²) in [5, 5.41) is 23.2. The first-order chi connectivity index (χ1) is 13.0. The Morgan fingerprint density at radius 1 is 0.536 bits per heavy atom. The van der Waals surface area contributed by atoms with E-state index in [0.29, 0.717) is 12.8 Å². The number of aliphatic carboxylic acids is 2. The topological polar surface area (TPSA) is 80.3 Å². The van der Waals surface area contributed by atoms with Crippen LogP contribution in [0.5, 0.6) is 0 Å². The van der Waals surface area contributed by atoms with Crippen molar-refractivity contribution >= 4 is 60.8 Å². The molecule has 0 aliphatic rings. The van der Waals surface area contributed by atoms with E-state index >= 15 is 0 Å². The summed E-state index contributed by atoms with van der Waals surface area (Å²) < 4.78 is 0. The summed E-state index contributed by atoms with van der Waals surface area (Å²) in [5.74, 6) is -2.93. The van der Waals surface area contributed by atoms with Gasteiger partial charge in [0.25, 0.3) is 0 Å². The molecule has 160 valence electrons. The molecular formula is C23H42BaO4. The standard InChI is InChI=1S/C23H44O4.Ba/c1-3-5-7-9-11-12-13-14-16-18-20-23(21(24)25,22(26)27)19-17-15-10-8-6-4-2;/h3-20H2,1-2H3,(H,24,25)(H,26,27);/q;+2/p-2. The van der Waals surface area contributed by atoms with Crippen LogP contribution in [0, 0.1) is 5.41 Å². The number of carbonyl (C=O) groups is 2. The van der Waals surface area contributed by atoms with Gasteiger partial charge in [0.05, 0.1) is 11.9 Å². The average molecular weight is 520 g/mol. The van der Waals surface area contributed by atoms with Gasteiger partial charge in [0.2, 0.25) is 0 Å². The molecule has 0 spiro atoms. The molecule has 0 bridgehead atoms. The molecule has 0 fully saturated rings. The zero-order valence-electron chi connectivity index (χ0n) is 18.6. The molecule has 0 rings (SSSR count). The number of rotatable bonds is 20. The van der Waals surface area contributed by atoms with Crippen LogP contribution < -0.4 is 10.2 Å². The van der Waals surface area contributed by atoms with Gasteiger partial charge in [-0.2, -0.15) is 0 Å². The first-order valence-electron chi connectivity index (χ1n) is 11.4. The first-order valence-corrected chi connectivity index (χ1v) is 11.4. The van der Waals surface area contributed by atoms with Crippen LogP contribution in [0.1, 0.15) is 129 Å². The molecule has 0 heterocycles. The molecule has 0 unspecified atom stereocenters. The fourth-order valence-electron chi connectivity index (χ4n) is 3.74. The SMILES string of the molecule is CCCCCCCCCCCCC(CCCCCCCC)(C(=O)[O-])C(=O)[O-].[Ba+2]. The van der Waals surface area contributed by atoms with Crippen molar-refractivity contribution in [3.8, 4) is 0 Å². The van der Waals surface area contributed by atoms with E-state index in [2.05, 4.69) is 13.8 Å². The molecule has 28 heavy (non-hydrogen) atoms. The maximum absolute atomic E-state index is 11.6. The zero-order chi connectivity index (χ0) is 20.4. The number of carboxylic acids is 2. The normalized spacial score (nSPS) is 11.2. The molecule has 0 radical (unpaired) electrons. The summed E-state index contributed by atoms with van der Waals surface area (Å²) in [6, 6.07) is 0. The number of carboxylic acid groups (broad SMARTS) is 2. The number of carbonyl (C=O) groups excluding carboxylic acids is 2. The van der Waals surface area contributed by atoms with Crippen molar-refractivity contribution < 1.29 is 19.8 Å². The summed E-state index contributed by atoms with van der Waals surface area (Å²) in [5.41, 5.74) is -1.80. The van der Waals surface area contributed by atoms with E-state index in [1.165, 1.54) is 44.9 Å². The monoisotopic (exact) mass is 520 g/mol. The third-order valence-electron chi connectivity index (χ3n) is 5.70. The molecule has 0 saturated heterocycles. The second-order valence-corrected chi connectivity index (χ2v) is 8.11. The molecule has 0 aliphatic heterocycles. The smallest absolute Gasteiger partial charge is 0.549 e. The van der Waals surface area contributed by atoms with Crippen LogP contribution in [0.2, 0.25) is 0 Å². The van der Waals surface area contributed by atoms with Crippen LogP contribution in [0.4, 0.5) is 0 Å². The minimum Gasteiger partial charge on any atom is -0.549 e. The van der Waals surface area contributed by atoms with Gasteiger partial charge in [-0.1, -0.05) is 117 Å². The Labute approximate surface area is 213 Å². The molecule has 0 saturated carbocycles. The fourth-order valence-corrected chi connectivity index (χ4v) is 3.74. The van der Waals surface area contributed by atoms with Crippen molar-refractivity contribution in [3.63, 3.8) is 0 Å². The Kier molecular flexibility index (Phi) is 22.8. The minimum atomic E-state index is -1.80. The summed E-state index contributed by atoms with van der Waals surface area (Å²) >= 11 is 0. The molecule has 0 atom stereocenters. The van der Waals surface area contributed by atoms with Gasteiger partial charge in [0, 0.05) is 5.41 Å². The first kappa shape index (κ1) is 30.7. The van der Waals surface area contributed by atoms with Crippen LogP contribution in [0.3, 0.4) is 0 Å². The predicted molar refractivity (Wildman–Crippen MR) is 113 cm³/mol. The Morgan fingerprint density at radius 3 is 1.04 bits per heavy atom. The maximum atomic E-state index is 11.6. The zero-order valence-corrected chi connectivity index (χ0v) is 23.0. The fraction of sp³-hybridized carbons (Fsp3) is 0.913. The molecule has 4 nitrogen and oxygen atoms in total. The van der Waals surface area contributed by atoms with Crippen molar-refractivity contribution in [1.29, 1.82) is 0 Å². The molecule has 5 heteroatoms.